The fourth-order valence-electron chi connectivity index (χ4n) is 2.82. The minimum Gasteiger partial charge on any atom is -0.497 e. The predicted molar refractivity (Wildman–Crippen MR) is 116 cm³/mol. The second-order valence-electron chi connectivity index (χ2n) is 6.46. The van der Waals surface area contributed by atoms with Crippen molar-refractivity contribution in [1.29, 1.82) is 0 Å². The van der Waals surface area contributed by atoms with Crippen LogP contribution in [0.2, 0.25) is 5.02 Å². The van der Waals surface area contributed by atoms with Crippen LogP contribution in [0.1, 0.15) is 24.1 Å². The van der Waals surface area contributed by atoms with Gasteiger partial charge in [0.15, 0.2) is 0 Å². The molecule has 0 saturated heterocycles. The Morgan fingerprint density at radius 3 is 2.53 bits per heavy atom. The first-order valence-corrected chi connectivity index (χ1v) is 9.99. The van der Waals surface area contributed by atoms with E-state index in [2.05, 4.69) is 15.3 Å². The van der Waals surface area contributed by atoms with Gasteiger partial charge in [0, 0.05) is 25.5 Å². The van der Waals surface area contributed by atoms with Crippen molar-refractivity contribution in [2.24, 2.45) is 4.99 Å². The zero-order chi connectivity index (χ0) is 23.7. The molecule has 0 amide bonds. The lowest BCUT2D eigenvalue weighted by Crippen LogP contribution is -2.29. The standard InChI is InChI=1S/C22H23ClF3N3O3/c1-4-32-22(30)19(20-16(24)9-14(23)12-29-20)17(10-18(27-2)21(25)26)28-11-13-5-7-15(31-3)8-6-13/h5-10,12,19,21,28H,4,11H2,1-3H3/b17-10-,27-18?. The third-order valence-electron chi connectivity index (χ3n) is 4.38. The maximum Gasteiger partial charge on any atom is 0.321 e. The number of aliphatic imine (C=N–C) groups is 1. The number of hydrogen-bond acceptors (Lipinski definition) is 6. The summed E-state index contributed by atoms with van der Waals surface area (Å²) in [7, 11) is 2.72. The molecule has 1 unspecified atom stereocenters. The van der Waals surface area contributed by atoms with Crippen molar-refractivity contribution in [2.45, 2.75) is 25.8 Å². The number of carbonyl (C=O) groups is 1. The number of alkyl halides is 2. The fraction of sp³-hybridized carbons (Fsp3) is 0.318. The molecular formula is C22H23ClF3N3O3. The summed E-state index contributed by atoms with van der Waals surface area (Å²) in [6.07, 6.45) is -0.746. The maximum atomic E-state index is 14.7. The van der Waals surface area contributed by atoms with Crippen molar-refractivity contribution >= 4 is 23.3 Å². The zero-order valence-electron chi connectivity index (χ0n) is 17.7. The molecular weight excluding hydrogens is 447 g/mol. The van der Waals surface area contributed by atoms with E-state index in [-0.39, 0.29) is 29.6 Å². The van der Waals surface area contributed by atoms with E-state index < -0.39 is 29.8 Å². The second kappa shape index (κ2) is 12.1. The number of nitrogens with zero attached hydrogens (tertiary/aromatic N) is 2. The number of hydrogen-bond donors (Lipinski definition) is 1. The summed E-state index contributed by atoms with van der Waals surface area (Å²) < 4.78 is 51.7. The van der Waals surface area contributed by atoms with E-state index in [1.54, 1.807) is 31.2 Å². The first-order valence-electron chi connectivity index (χ1n) is 9.61. The quantitative estimate of drug-likeness (QED) is 0.408. The highest BCUT2D eigenvalue weighted by molar-refractivity contribution is 6.30. The average molecular weight is 470 g/mol. The van der Waals surface area contributed by atoms with Crippen LogP contribution in [0.25, 0.3) is 0 Å². The Bertz CT molecular complexity index is 982. The van der Waals surface area contributed by atoms with Gasteiger partial charge in [-0.05, 0) is 36.8 Å². The number of halogens is 4. The third-order valence-corrected chi connectivity index (χ3v) is 4.59. The summed E-state index contributed by atoms with van der Waals surface area (Å²) in [6, 6.07) is 7.94. The molecule has 6 nitrogen and oxygen atoms in total. The zero-order valence-corrected chi connectivity index (χ0v) is 18.5. The molecule has 0 aliphatic rings. The third kappa shape index (κ3) is 6.71. The summed E-state index contributed by atoms with van der Waals surface area (Å²) in [5.41, 5.74) is -0.193. The fourth-order valence-corrected chi connectivity index (χ4v) is 2.96. The van der Waals surface area contributed by atoms with E-state index in [0.717, 1.165) is 23.9 Å². The minimum atomic E-state index is -2.91. The van der Waals surface area contributed by atoms with Gasteiger partial charge in [0.2, 0.25) is 0 Å². The highest BCUT2D eigenvalue weighted by atomic mass is 35.5. The van der Waals surface area contributed by atoms with Gasteiger partial charge in [-0.2, -0.15) is 0 Å². The molecule has 0 aliphatic heterocycles. The Balaban J connectivity index is 2.52. The van der Waals surface area contributed by atoms with Crippen LogP contribution in [0, 0.1) is 5.82 Å². The first kappa shape index (κ1) is 25.2. The number of allylic oxidation sites excluding steroid dienone is 1. The molecule has 2 aromatic rings. The molecule has 1 N–H and O–H groups in total. The Morgan fingerprint density at radius 1 is 1.31 bits per heavy atom. The van der Waals surface area contributed by atoms with E-state index in [0.29, 0.717) is 5.75 Å². The van der Waals surface area contributed by atoms with Crippen LogP contribution < -0.4 is 10.1 Å². The number of carbonyl (C=O) groups excluding carboxylic acids is 1. The number of methoxy groups -OCH3 is 1. The van der Waals surface area contributed by atoms with E-state index >= 15 is 0 Å². The number of nitrogens with one attached hydrogen (secondary N) is 1. The highest BCUT2D eigenvalue weighted by Gasteiger charge is 2.32. The van der Waals surface area contributed by atoms with Gasteiger partial charge in [0.05, 0.1) is 24.4 Å². The summed E-state index contributed by atoms with van der Waals surface area (Å²) in [5.74, 6) is -2.54. The van der Waals surface area contributed by atoms with Crippen molar-refractivity contribution in [3.8, 4) is 5.75 Å². The van der Waals surface area contributed by atoms with Gasteiger partial charge in [-0.15, -0.1) is 0 Å². The largest absolute Gasteiger partial charge is 0.497 e. The summed E-state index contributed by atoms with van der Waals surface area (Å²) in [4.78, 5) is 20.3. The monoisotopic (exact) mass is 469 g/mol. The lowest BCUT2D eigenvalue weighted by atomic mass is 9.98. The number of ether oxygens (including phenoxy) is 2. The highest BCUT2D eigenvalue weighted by Crippen LogP contribution is 2.28. The van der Waals surface area contributed by atoms with Crippen molar-refractivity contribution < 1.29 is 27.4 Å². The number of rotatable bonds is 10. The SMILES string of the molecule is CCOC(=O)C(/C(=C/C(=NC)C(F)F)NCc1ccc(OC)cc1)c1ncc(Cl)cc1F. The van der Waals surface area contributed by atoms with Crippen LogP contribution in [-0.4, -0.2) is 43.9 Å². The first-order chi connectivity index (χ1) is 15.3. The molecule has 1 aromatic heterocycles. The number of pyridine rings is 1. The molecule has 0 fully saturated rings. The Labute approximate surface area is 189 Å². The van der Waals surface area contributed by atoms with Gasteiger partial charge >= 0.3 is 5.97 Å². The van der Waals surface area contributed by atoms with E-state index in [4.69, 9.17) is 21.1 Å². The molecule has 0 saturated carbocycles. The van der Waals surface area contributed by atoms with Crippen LogP contribution in [0.4, 0.5) is 13.2 Å². The lowest BCUT2D eigenvalue weighted by molar-refractivity contribution is -0.144. The van der Waals surface area contributed by atoms with E-state index in [1.807, 2.05) is 0 Å². The normalized spacial score (nSPS) is 13.1. The van der Waals surface area contributed by atoms with Crippen LogP contribution in [-0.2, 0) is 16.1 Å². The summed E-state index contributed by atoms with van der Waals surface area (Å²) >= 11 is 5.78. The average Bonchev–Trinajstić information content (AvgIpc) is 2.77. The van der Waals surface area contributed by atoms with Crippen LogP contribution in [0.3, 0.4) is 0 Å². The van der Waals surface area contributed by atoms with Crippen molar-refractivity contribution in [1.82, 2.24) is 10.3 Å². The molecule has 1 aromatic carbocycles. The van der Waals surface area contributed by atoms with Gasteiger partial charge in [-0.1, -0.05) is 23.7 Å². The molecule has 2 rings (SSSR count). The predicted octanol–water partition coefficient (Wildman–Crippen LogP) is 4.54. The molecule has 10 heteroatoms. The molecule has 172 valence electrons. The van der Waals surface area contributed by atoms with E-state index in [9.17, 15) is 18.0 Å². The maximum absolute atomic E-state index is 14.7. The molecule has 0 spiro atoms. The van der Waals surface area contributed by atoms with Crippen molar-refractivity contribution in [3.63, 3.8) is 0 Å². The summed E-state index contributed by atoms with van der Waals surface area (Å²) in [5, 5.41) is 2.96. The lowest BCUT2D eigenvalue weighted by Gasteiger charge is -2.21. The number of benzene rings is 1. The smallest absolute Gasteiger partial charge is 0.321 e. The van der Waals surface area contributed by atoms with Crippen molar-refractivity contribution in [3.05, 3.63) is 70.4 Å². The van der Waals surface area contributed by atoms with Gasteiger partial charge in [-0.3, -0.25) is 14.8 Å². The number of esters is 1. The Hall–Kier alpha value is -3.07. The van der Waals surface area contributed by atoms with Crippen LogP contribution in [0.5, 0.6) is 5.75 Å². The molecule has 0 radical (unpaired) electrons. The Kier molecular flexibility index (Phi) is 9.52. The van der Waals surface area contributed by atoms with Gasteiger partial charge in [0.1, 0.15) is 23.2 Å². The van der Waals surface area contributed by atoms with Gasteiger partial charge in [-0.25, -0.2) is 13.2 Å². The van der Waals surface area contributed by atoms with Gasteiger partial charge in [0.25, 0.3) is 6.43 Å². The Morgan fingerprint density at radius 2 is 2.00 bits per heavy atom. The molecule has 32 heavy (non-hydrogen) atoms. The second-order valence-corrected chi connectivity index (χ2v) is 6.89. The minimum absolute atomic E-state index is 0.000126. The van der Waals surface area contributed by atoms with E-state index in [1.165, 1.54) is 14.2 Å². The topological polar surface area (TPSA) is 72.8 Å². The summed E-state index contributed by atoms with van der Waals surface area (Å²) in [6.45, 7) is 1.72. The van der Waals surface area contributed by atoms with Crippen LogP contribution in [0.15, 0.2) is 53.3 Å². The van der Waals surface area contributed by atoms with Crippen molar-refractivity contribution in [2.75, 3.05) is 20.8 Å². The molecule has 0 aliphatic carbocycles. The number of aromatic nitrogens is 1. The molecule has 1 atom stereocenters. The molecule has 0 bridgehead atoms. The van der Waals surface area contributed by atoms with Crippen LogP contribution >= 0.6 is 11.6 Å². The molecule has 1 heterocycles. The van der Waals surface area contributed by atoms with Gasteiger partial charge < -0.3 is 14.8 Å².